The molecule has 1 saturated heterocycles. The Morgan fingerprint density at radius 3 is 2.39 bits per heavy atom. The Hall–Kier alpha value is -5.08. The van der Waals surface area contributed by atoms with Crippen molar-refractivity contribution in [2.75, 3.05) is 27.5 Å². The molecule has 290 valence electrons. The van der Waals surface area contributed by atoms with Crippen molar-refractivity contribution in [1.29, 1.82) is 5.26 Å². The average molecular weight is 758 g/mol. The number of amides is 2. The smallest absolute Gasteiger partial charge is 0.471 e. The number of alkyl halides is 3. The van der Waals surface area contributed by atoms with Crippen LogP contribution in [0.5, 0.6) is 28.7 Å². The van der Waals surface area contributed by atoms with Crippen LogP contribution in [0.2, 0.25) is 0 Å². The second kappa shape index (κ2) is 14.6. The van der Waals surface area contributed by atoms with Gasteiger partial charge in [-0.05, 0) is 58.2 Å². The first kappa shape index (κ1) is 38.6. The maximum Gasteiger partial charge on any atom is 0.471 e. The lowest BCUT2D eigenvalue weighted by Gasteiger charge is -2.60. The van der Waals surface area contributed by atoms with E-state index in [0.29, 0.717) is 52.3 Å². The first-order valence-electron chi connectivity index (χ1n) is 17.6. The molecule has 4 aliphatic heterocycles. The highest BCUT2D eigenvalue weighted by Gasteiger charge is 2.57. The molecule has 0 spiro atoms. The van der Waals surface area contributed by atoms with Crippen LogP contribution < -0.4 is 34.3 Å². The molecule has 0 saturated carbocycles. The van der Waals surface area contributed by atoms with Gasteiger partial charge in [-0.2, -0.15) is 18.4 Å². The molecule has 54 heavy (non-hydrogen) atoms. The number of nitrogens with zero attached hydrogens (tertiary/aromatic N) is 3. The summed E-state index contributed by atoms with van der Waals surface area (Å²) in [6, 6.07) is -0.375. The van der Waals surface area contributed by atoms with Crippen molar-refractivity contribution in [3.63, 3.8) is 0 Å². The van der Waals surface area contributed by atoms with E-state index in [-0.39, 0.29) is 37.7 Å². The number of ether oxygens (including phenoxy) is 5. The normalized spacial score (nSPS) is 23.2. The van der Waals surface area contributed by atoms with Crippen molar-refractivity contribution in [3.8, 4) is 34.8 Å². The number of methoxy groups -OCH3 is 1. The lowest BCUT2D eigenvalue weighted by atomic mass is 9.71. The molecule has 14 nitrogen and oxygen atoms in total. The van der Waals surface area contributed by atoms with Crippen LogP contribution >= 0.6 is 0 Å². The molecule has 2 aromatic carbocycles. The molecular weight excluding hydrogens is 715 g/mol. The van der Waals surface area contributed by atoms with E-state index in [9.17, 15) is 37.6 Å². The van der Waals surface area contributed by atoms with Crippen molar-refractivity contribution in [1.82, 2.24) is 20.4 Å². The van der Waals surface area contributed by atoms with E-state index < -0.39 is 66.2 Å². The largest absolute Gasteiger partial charge is 0.493 e. The Bertz CT molecular complexity index is 1950. The van der Waals surface area contributed by atoms with Crippen LogP contribution in [0, 0.1) is 25.2 Å². The fourth-order valence-corrected chi connectivity index (χ4v) is 8.45. The Morgan fingerprint density at radius 1 is 1.06 bits per heavy atom. The number of piperazine rings is 1. The SMILES string of the molecule is CCCC(=O)Oc1c(OC)c(C)cc2c1[C@@H]1C3Cc4c(OC(C)=O)c(C)c5c(c4[C@H](CNC(=O)[C@H](C)NC(=O)C(F)(F)F)N3[C@@H](C#N)[C@@H](C2)N1C)OCO5. The van der Waals surface area contributed by atoms with E-state index in [0.717, 1.165) is 18.1 Å². The van der Waals surface area contributed by atoms with Crippen LogP contribution in [0.25, 0.3) is 0 Å². The third-order valence-electron chi connectivity index (χ3n) is 10.6. The van der Waals surface area contributed by atoms with Gasteiger partial charge in [-0.25, -0.2) is 0 Å². The molecule has 2 bridgehead atoms. The van der Waals surface area contributed by atoms with Crippen LogP contribution in [0.1, 0.15) is 79.1 Å². The molecule has 6 rings (SSSR count). The molecule has 4 heterocycles. The predicted octanol–water partition coefficient (Wildman–Crippen LogP) is 3.63. The summed E-state index contributed by atoms with van der Waals surface area (Å²) in [5, 5.41) is 15.3. The van der Waals surface area contributed by atoms with E-state index in [1.54, 1.807) is 12.2 Å². The maximum absolute atomic E-state index is 13.3. The van der Waals surface area contributed by atoms with Crippen molar-refractivity contribution in [2.45, 2.75) is 103 Å². The zero-order chi connectivity index (χ0) is 39.4. The summed E-state index contributed by atoms with van der Waals surface area (Å²) in [6.07, 6.45) is -3.92. The third-order valence-corrected chi connectivity index (χ3v) is 10.6. The zero-order valence-corrected chi connectivity index (χ0v) is 30.9. The van der Waals surface area contributed by atoms with E-state index >= 15 is 0 Å². The second-order valence-corrected chi connectivity index (χ2v) is 14.0. The van der Waals surface area contributed by atoms with Crippen LogP contribution in [0.3, 0.4) is 0 Å². The zero-order valence-electron chi connectivity index (χ0n) is 30.9. The second-order valence-electron chi connectivity index (χ2n) is 14.0. The van der Waals surface area contributed by atoms with Gasteiger partial charge in [-0.1, -0.05) is 13.0 Å². The number of aryl methyl sites for hydroxylation is 1. The molecule has 4 aliphatic rings. The Morgan fingerprint density at radius 2 is 1.76 bits per heavy atom. The summed E-state index contributed by atoms with van der Waals surface area (Å²) >= 11 is 0. The van der Waals surface area contributed by atoms with Gasteiger partial charge in [0.15, 0.2) is 23.0 Å². The molecule has 0 aliphatic carbocycles. The first-order valence-corrected chi connectivity index (χ1v) is 17.6. The lowest BCUT2D eigenvalue weighted by molar-refractivity contribution is -0.174. The highest BCUT2D eigenvalue weighted by molar-refractivity contribution is 5.89. The van der Waals surface area contributed by atoms with Crippen molar-refractivity contribution in [2.24, 2.45) is 0 Å². The van der Waals surface area contributed by atoms with Gasteiger partial charge in [0.25, 0.3) is 0 Å². The molecule has 1 unspecified atom stereocenters. The minimum atomic E-state index is -5.20. The number of halogens is 3. The summed E-state index contributed by atoms with van der Waals surface area (Å²) in [5.41, 5.74) is 3.81. The van der Waals surface area contributed by atoms with Gasteiger partial charge in [0, 0.05) is 54.2 Å². The first-order chi connectivity index (χ1) is 25.5. The topological polar surface area (TPSA) is 169 Å². The van der Waals surface area contributed by atoms with Gasteiger partial charge in [-0.15, -0.1) is 0 Å². The van der Waals surface area contributed by atoms with Gasteiger partial charge < -0.3 is 34.3 Å². The van der Waals surface area contributed by atoms with Gasteiger partial charge in [-0.3, -0.25) is 29.0 Å². The number of nitriles is 1. The molecule has 2 N–H and O–H groups in total. The van der Waals surface area contributed by atoms with E-state index in [1.165, 1.54) is 14.0 Å². The number of hydrogen-bond acceptors (Lipinski definition) is 12. The summed E-state index contributed by atoms with van der Waals surface area (Å²) in [5.74, 6) is -2.73. The number of rotatable bonds is 9. The number of carbonyl (C=O) groups excluding carboxylic acids is 4. The van der Waals surface area contributed by atoms with Crippen LogP contribution in [-0.2, 0) is 32.0 Å². The quantitative estimate of drug-likeness (QED) is 0.282. The summed E-state index contributed by atoms with van der Waals surface area (Å²) in [4.78, 5) is 54.7. The van der Waals surface area contributed by atoms with Crippen molar-refractivity contribution >= 4 is 23.8 Å². The fraction of sp³-hybridized carbons (Fsp3) is 0.541. The van der Waals surface area contributed by atoms with Gasteiger partial charge in [0.2, 0.25) is 12.7 Å². The molecule has 17 heteroatoms. The average Bonchev–Trinajstić information content (AvgIpc) is 3.59. The van der Waals surface area contributed by atoms with Crippen LogP contribution in [-0.4, -0.2) is 91.4 Å². The number of fused-ring (bicyclic) bond motifs is 9. The molecule has 0 radical (unpaired) electrons. The summed E-state index contributed by atoms with van der Waals surface area (Å²) in [7, 11) is 3.38. The Balaban J connectivity index is 1.54. The Kier molecular flexibility index (Phi) is 10.5. The predicted molar refractivity (Wildman–Crippen MR) is 183 cm³/mol. The number of hydrogen-bond donors (Lipinski definition) is 2. The maximum atomic E-state index is 13.3. The molecular formula is C37H42F3N5O9. The minimum Gasteiger partial charge on any atom is -0.493 e. The van der Waals surface area contributed by atoms with E-state index in [1.807, 2.05) is 31.9 Å². The molecule has 1 fully saturated rings. The number of carbonyl (C=O) groups is 4. The van der Waals surface area contributed by atoms with Gasteiger partial charge in [0.1, 0.15) is 17.8 Å². The van der Waals surface area contributed by atoms with Crippen molar-refractivity contribution in [3.05, 3.63) is 39.4 Å². The fourth-order valence-electron chi connectivity index (χ4n) is 8.45. The van der Waals surface area contributed by atoms with E-state index in [4.69, 9.17) is 23.7 Å². The van der Waals surface area contributed by atoms with Crippen LogP contribution in [0.4, 0.5) is 13.2 Å². The summed E-state index contributed by atoms with van der Waals surface area (Å²) < 4.78 is 68.7. The molecule has 2 aromatic rings. The molecule has 0 aromatic heterocycles. The van der Waals surface area contributed by atoms with Gasteiger partial charge >= 0.3 is 24.0 Å². The van der Waals surface area contributed by atoms with Crippen LogP contribution in [0.15, 0.2) is 6.07 Å². The van der Waals surface area contributed by atoms with Crippen molar-refractivity contribution < 1.29 is 56.0 Å². The number of nitrogens with one attached hydrogen (secondary N) is 2. The standard InChI is InChI=1S/C37H42F3N5O9/c1-8-9-26(47)54-34-27-20(10-16(2)30(34)50-7)11-22-24(13-41)45-23(29(27)44(22)6)12-21-28(33-32(51-15-52-33)17(3)31(21)53-19(5)46)25(45)14-42-35(48)18(4)43-36(49)37(38,39)40/h10,18,22-25,29H,8-9,11-12,14-15H2,1-7H3,(H,42,48)(H,43,49)/t18-,22+,23?,24-,25-,29-/m0/s1. The Labute approximate surface area is 309 Å². The number of benzene rings is 2. The lowest BCUT2D eigenvalue weighted by Crippen LogP contribution is -2.69. The van der Waals surface area contributed by atoms with Gasteiger partial charge in [0.05, 0.1) is 25.3 Å². The summed E-state index contributed by atoms with van der Waals surface area (Å²) in [6.45, 7) is 7.40. The highest BCUT2D eigenvalue weighted by Crippen LogP contribution is 2.58. The monoisotopic (exact) mass is 757 g/mol. The number of likely N-dealkylation sites (N-methyl/N-ethyl adjacent to an activating group) is 1. The molecule has 2 amide bonds. The number of esters is 2. The highest BCUT2D eigenvalue weighted by atomic mass is 19.4. The molecule has 6 atom stereocenters. The van der Waals surface area contributed by atoms with E-state index in [2.05, 4.69) is 16.3 Å². The minimum absolute atomic E-state index is 0.163. The third kappa shape index (κ3) is 6.55.